The van der Waals surface area contributed by atoms with Crippen LogP contribution in [0.1, 0.15) is 24.9 Å². The van der Waals surface area contributed by atoms with Crippen LogP contribution in [0.4, 0.5) is 4.79 Å². The summed E-state index contributed by atoms with van der Waals surface area (Å²) in [6.45, 7) is 2.48. The van der Waals surface area contributed by atoms with Gasteiger partial charge in [0, 0.05) is 6.61 Å². The van der Waals surface area contributed by atoms with Gasteiger partial charge in [-0.15, -0.1) is 0 Å². The number of rotatable bonds is 4. The summed E-state index contributed by atoms with van der Waals surface area (Å²) in [4.78, 5) is 23.2. The Bertz CT molecular complexity index is 477. The smallest absolute Gasteiger partial charge is 0.330 e. The zero-order chi connectivity index (χ0) is 14.5. The van der Waals surface area contributed by atoms with Gasteiger partial charge in [-0.25, -0.2) is 9.59 Å². The normalized spacial score (nSPS) is 23.1. The Morgan fingerprint density at radius 1 is 1.35 bits per heavy atom. The van der Waals surface area contributed by atoms with Crippen LogP contribution in [-0.4, -0.2) is 35.9 Å². The second kappa shape index (κ2) is 6.38. The average molecular weight is 278 g/mol. The van der Waals surface area contributed by atoms with Crippen molar-refractivity contribution in [1.82, 2.24) is 10.6 Å². The maximum absolute atomic E-state index is 11.9. The summed E-state index contributed by atoms with van der Waals surface area (Å²) in [5.41, 5.74) is 0.533. The van der Waals surface area contributed by atoms with E-state index in [0.717, 1.165) is 6.42 Å². The summed E-state index contributed by atoms with van der Waals surface area (Å²) in [5, 5.41) is 14.4. The number of carboxylic acids is 1. The number of hydrogen-bond acceptors (Lipinski definition) is 3. The van der Waals surface area contributed by atoms with E-state index in [-0.39, 0.29) is 12.1 Å². The van der Waals surface area contributed by atoms with Crippen LogP contribution >= 0.6 is 0 Å². The molecule has 1 fully saturated rings. The molecule has 1 saturated heterocycles. The molecule has 0 radical (unpaired) electrons. The number of hydrogen-bond donors (Lipinski definition) is 3. The van der Waals surface area contributed by atoms with E-state index in [1.165, 1.54) is 0 Å². The molecule has 3 atom stereocenters. The van der Waals surface area contributed by atoms with Gasteiger partial charge < -0.3 is 20.5 Å². The predicted molar refractivity (Wildman–Crippen MR) is 72.3 cm³/mol. The molecule has 0 spiro atoms. The van der Waals surface area contributed by atoms with Gasteiger partial charge in [0.05, 0.1) is 12.1 Å². The second-order valence-electron chi connectivity index (χ2n) is 4.77. The lowest BCUT2D eigenvalue weighted by Gasteiger charge is -2.19. The Morgan fingerprint density at radius 3 is 2.60 bits per heavy atom. The molecule has 2 amide bonds. The van der Waals surface area contributed by atoms with Gasteiger partial charge in [0.15, 0.2) is 6.04 Å². The topological polar surface area (TPSA) is 87.7 Å². The molecule has 0 bridgehead atoms. The highest BCUT2D eigenvalue weighted by Crippen LogP contribution is 2.14. The number of carbonyl (C=O) groups excluding carboxylic acids is 1. The minimum absolute atomic E-state index is 0.0549. The molecule has 3 N–H and O–H groups in total. The largest absolute Gasteiger partial charge is 0.479 e. The van der Waals surface area contributed by atoms with Gasteiger partial charge in [0.25, 0.3) is 0 Å². The predicted octanol–water partition coefficient (Wildman–Crippen LogP) is 1.29. The van der Waals surface area contributed by atoms with Gasteiger partial charge in [-0.1, -0.05) is 30.3 Å². The molecule has 1 aromatic carbocycles. The molecule has 20 heavy (non-hydrogen) atoms. The maximum Gasteiger partial charge on any atom is 0.330 e. The Kier molecular flexibility index (Phi) is 4.57. The molecule has 0 aliphatic carbocycles. The Balaban J connectivity index is 1.98. The molecule has 1 aliphatic heterocycles. The Hall–Kier alpha value is -2.08. The molecule has 0 aromatic heterocycles. The minimum atomic E-state index is -1.10. The summed E-state index contributed by atoms with van der Waals surface area (Å²) >= 11 is 0. The molecule has 2 unspecified atom stereocenters. The number of benzene rings is 1. The number of urea groups is 1. The van der Waals surface area contributed by atoms with Gasteiger partial charge in [-0.05, 0) is 18.9 Å². The van der Waals surface area contributed by atoms with E-state index in [1.54, 1.807) is 30.3 Å². The Labute approximate surface area is 117 Å². The third kappa shape index (κ3) is 3.48. The molecule has 1 aromatic rings. The fraction of sp³-hybridized carbons (Fsp3) is 0.429. The number of ether oxygens (including phenoxy) is 1. The van der Waals surface area contributed by atoms with Crippen molar-refractivity contribution < 1.29 is 19.4 Å². The second-order valence-corrected chi connectivity index (χ2v) is 4.77. The van der Waals surface area contributed by atoms with Crippen LogP contribution in [0.2, 0.25) is 0 Å². The van der Waals surface area contributed by atoms with Crippen molar-refractivity contribution in [3.8, 4) is 0 Å². The van der Waals surface area contributed by atoms with Crippen LogP contribution in [0.25, 0.3) is 0 Å². The van der Waals surface area contributed by atoms with Crippen LogP contribution in [0.3, 0.4) is 0 Å². The zero-order valence-corrected chi connectivity index (χ0v) is 11.2. The van der Waals surface area contributed by atoms with Gasteiger partial charge in [0.2, 0.25) is 0 Å². The highest BCUT2D eigenvalue weighted by Gasteiger charge is 2.28. The summed E-state index contributed by atoms with van der Waals surface area (Å²) in [6.07, 6.45) is 0.679. The highest BCUT2D eigenvalue weighted by atomic mass is 16.5. The van der Waals surface area contributed by atoms with Crippen molar-refractivity contribution in [2.45, 2.75) is 31.5 Å². The first kappa shape index (κ1) is 14.3. The van der Waals surface area contributed by atoms with Crippen molar-refractivity contribution in [3.05, 3.63) is 35.9 Å². The van der Waals surface area contributed by atoms with E-state index >= 15 is 0 Å². The third-order valence-electron chi connectivity index (χ3n) is 3.35. The average Bonchev–Trinajstić information content (AvgIpc) is 2.82. The van der Waals surface area contributed by atoms with E-state index in [1.807, 2.05) is 6.92 Å². The first-order valence-electron chi connectivity index (χ1n) is 6.54. The molecule has 1 heterocycles. The molecular weight excluding hydrogens is 260 g/mol. The van der Waals surface area contributed by atoms with Crippen LogP contribution in [-0.2, 0) is 9.53 Å². The zero-order valence-electron chi connectivity index (χ0n) is 11.2. The first-order chi connectivity index (χ1) is 9.58. The van der Waals surface area contributed by atoms with Crippen LogP contribution < -0.4 is 10.6 Å². The lowest BCUT2D eigenvalue weighted by atomic mass is 10.1. The lowest BCUT2D eigenvalue weighted by molar-refractivity contribution is -0.139. The van der Waals surface area contributed by atoms with Gasteiger partial charge >= 0.3 is 12.0 Å². The molecule has 6 nitrogen and oxygen atoms in total. The summed E-state index contributed by atoms with van der Waals surface area (Å²) < 4.78 is 5.34. The van der Waals surface area contributed by atoms with Crippen molar-refractivity contribution in [3.63, 3.8) is 0 Å². The summed E-state index contributed by atoms with van der Waals surface area (Å²) in [7, 11) is 0. The van der Waals surface area contributed by atoms with Gasteiger partial charge in [-0.2, -0.15) is 0 Å². The standard InChI is InChI=1S/C14H18N2O4/c1-9-11(7-8-20-9)15-14(19)16-12(13(17)18)10-5-3-2-4-6-10/h2-6,9,11-12H,7-8H2,1H3,(H,17,18)(H2,15,16,19)/t9?,11?,12-/m1/s1. The van der Waals surface area contributed by atoms with Crippen LogP contribution in [0.15, 0.2) is 30.3 Å². The van der Waals surface area contributed by atoms with Crippen LogP contribution in [0, 0.1) is 0 Å². The maximum atomic E-state index is 11.9. The number of carboxylic acid groups (broad SMARTS) is 1. The monoisotopic (exact) mass is 278 g/mol. The van der Waals surface area contributed by atoms with Crippen molar-refractivity contribution >= 4 is 12.0 Å². The number of carbonyl (C=O) groups is 2. The Morgan fingerprint density at radius 2 is 2.05 bits per heavy atom. The van der Waals surface area contributed by atoms with E-state index in [9.17, 15) is 14.7 Å². The number of aliphatic carboxylic acids is 1. The van der Waals surface area contributed by atoms with Crippen LogP contribution in [0.5, 0.6) is 0 Å². The fourth-order valence-electron chi connectivity index (χ4n) is 2.20. The third-order valence-corrected chi connectivity index (χ3v) is 3.35. The fourth-order valence-corrected chi connectivity index (χ4v) is 2.20. The summed E-state index contributed by atoms with van der Waals surface area (Å²) in [6, 6.07) is 6.95. The summed E-state index contributed by atoms with van der Waals surface area (Å²) in [5.74, 6) is -1.10. The van der Waals surface area contributed by atoms with E-state index in [4.69, 9.17) is 4.74 Å². The van der Waals surface area contributed by atoms with Crippen molar-refractivity contribution in [1.29, 1.82) is 0 Å². The number of amides is 2. The van der Waals surface area contributed by atoms with E-state index in [2.05, 4.69) is 10.6 Å². The van der Waals surface area contributed by atoms with Gasteiger partial charge in [0.1, 0.15) is 0 Å². The highest BCUT2D eigenvalue weighted by molar-refractivity contribution is 5.83. The molecular formula is C14H18N2O4. The van der Waals surface area contributed by atoms with Crippen molar-refractivity contribution in [2.24, 2.45) is 0 Å². The van der Waals surface area contributed by atoms with E-state index < -0.39 is 18.0 Å². The molecule has 108 valence electrons. The SMILES string of the molecule is CC1OCCC1NC(=O)N[C@@H](C(=O)O)c1ccccc1. The molecule has 6 heteroatoms. The van der Waals surface area contributed by atoms with Gasteiger partial charge in [-0.3, -0.25) is 0 Å². The molecule has 2 rings (SSSR count). The quantitative estimate of drug-likeness (QED) is 0.774. The minimum Gasteiger partial charge on any atom is -0.479 e. The van der Waals surface area contributed by atoms with Crippen molar-refractivity contribution in [2.75, 3.05) is 6.61 Å². The van der Waals surface area contributed by atoms with E-state index in [0.29, 0.717) is 12.2 Å². The first-order valence-corrected chi connectivity index (χ1v) is 6.54. The molecule has 1 aliphatic rings. The molecule has 0 saturated carbocycles. The number of nitrogens with one attached hydrogen (secondary N) is 2. The lowest BCUT2D eigenvalue weighted by Crippen LogP contribution is -2.47.